The minimum atomic E-state index is -0.119. The second-order valence-electron chi connectivity index (χ2n) is 7.34. The van der Waals surface area contributed by atoms with Gasteiger partial charge in [-0.2, -0.15) is 5.26 Å². The van der Waals surface area contributed by atoms with Crippen LogP contribution in [0, 0.1) is 17.2 Å². The molecule has 10 heteroatoms. The zero-order valence-electron chi connectivity index (χ0n) is 17.1. The van der Waals surface area contributed by atoms with Crippen LogP contribution in [0.3, 0.4) is 0 Å². The summed E-state index contributed by atoms with van der Waals surface area (Å²) < 4.78 is 7.57. The molecule has 0 atom stereocenters. The Hall–Kier alpha value is -2.28. The molecule has 1 aromatic carbocycles. The van der Waals surface area contributed by atoms with E-state index in [1.165, 1.54) is 11.8 Å². The SMILES string of the molecule is CC(C)Cn1c(SCCC(=O)Nc2ccc(C#N)c(Cl)c2)nnc1N1CCOCC1. The van der Waals surface area contributed by atoms with Crippen LogP contribution >= 0.6 is 23.4 Å². The Labute approximate surface area is 185 Å². The van der Waals surface area contributed by atoms with Crippen LogP contribution < -0.4 is 10.2 Å². The minimum absolute atomic E-state index is 0.119. The fourth-order valence-corrected chi connectivity index (χ4v) is 4.16. The molecule has 1 saturated heterocycles. The molecule has 1 N–H and O–H groups in total. The number of hydrogen-bond donors (Lipinski definition) is 1. The molecule has 30 heavy (non-hydrogen) atoms. The lowest BCUT2D eigenvalue weighted by atomic mass is 10.2. The normalized spacial score (nSPS) is 14.0. The lowest BCUT2D eigenvalue weighted by Crippen LogP contribution is -2.38. The predicted molar refractivity (Wildman–Crippen MR) is 118 cm³/mol. The number of halogens is 1. The van der Waals surface area contributed by atoms with Crippen LogP contribution in [-0.2, 0) is 16.1 Å². The molecule has 1 aromatic heterocycles. The molecule has 2 heterocycles. The second-order valence-corrected chi connectivity index (χ2v) is 8.81. The van der Waals surface area contributed by atoms with Gasteiger partial charge in [0.15, 0.2) is 5.16 Å². The molecule has 8 nitrogen and oxygen atoms in total. The van der Waals surface area contributed by atoms with E-state index < -0.39 is 0 Å². The second kappa shape index (κ2) is 10.7. The van der Waals surface area contributed by atoms with Crippen LogP contribution in [-0.4, -0.2) is 52.7 Å². The van der Waals surface area contributed by atoms with Crippen LogP contribution in [0.5, 0.6) is 0 Å². The van der Waals surface area contributed by atoms with Crippen molar-refractivity contribution in [3.63, 3.8) is 0 Å². The van der Waals surface area contributed by atoms with Crippen molar-refractivity contribution in [1.29, 1.82) is 5.26 Å². The molecule has 0 spiro atoms. The van der Waals surface area contributed by atoms with Crippen LogP contribution in [0.15, 0.2) is 23.4 Å². The van der Waals surface area contributed by atoms with E-state index in [1.807, 2.05) is 6.07 Å². The third-order valence-electron chi connectivity index (χ3n) is 4.47. The van der Waals surface area contributed by atoms with Crippen LogP contribution in [0.4, 0.5) is 11.6 Å². The Morgan fingerprint density at radius 2 is 2.13 bits per heavy atom. The molecule has 0 bridgehead atoms. The zero-order valence-corrected chi connectivity index (χ0v) is 18.7. The maximum atomic E-state index is 12.3. The average Bonchev–Trinajstić information content (AvgIpc) is 3.10. The summed E-state index contributed by atoms with van der Waals surface area (Å²) in [5, 5.41) is 21.7. The number of carbonyl (C=O) groups is 1. The summed E-state index contributed by atoms with van der Waals surface area (Å²) in [4.78, 5) is 14.5. The highest BCUT2D eigenvalue weighted by atomic mass is 35.5. The highest BCUT2D eigenvalue weighted by Crippen LogP contribution is 2.25. The van der Waals surface area contributed by atoms with Gasteiger partial charge < -0.3 is 15.0 Å². The number of anilines is 2. The number of nitrogens with one attached hydrogen (secondary N) is 1. The average molecular weight is 449 g/mol. The molecule has 1 aliphatic heterocycles. The molecule has 160 valence electrons. The molecular weight excluding hydrogens is 424 g/mol. The van der Waals surface area contributed by atoms with Gasteiger partial charge in [0, 0.05) is 37.5 Å². The number of nitrogens with zero attached hydrogens (tertiary/aromatic N) is 5. The molecule has 1 fully saturated rings. The fourth-order valence-electron chi connectivity index (χ4n) is 3.05. The van der Waals surface area contributed by atoms with Gasteiger partial charge in [-0.1, -0.05) is 37.2 Å². The van der Waals surface area contributed by atoms with E-state index in [0.29, 0.717) is 47.6 Å². The van der Waals surface area contributed by atoms with Gasteiger partial charge in [-0.3, -0.25) is 9.36 Å². The topological polar surface area (TPSA) is 96.1 Å². The summed E-state index contributed by atoms with van der Waals surface area (Å²) in [6, 6.07) is 6.84. The van der Waals surface area contributed by atoms with E-state index in [4.69, 9.17) is 21.6 Å². The van der Waals surface area contributed by atoms with E-state index in [9.17, 15) is 4.79 Å². The molecule has 1 amide bonds. The summed E-state index contributed by atoms with van der Waals surface area (Å²) in [6.45, 7) is 8.12. The molecule has 0 unspecified atom stereocenters. The van der Waals surface area contributed by atoms with Crippen molar-refractivity contribution in [2.75, 3.05) is 42.3 Å². The number of thioether (sulfide) groups is 1. The van der Waals surface area contributed by atoms with Crippen molar-refractivity contribution < 1.29 is 9.53 Å². The first-order valence-electron chi connectivity index (χ1n) is 9.86. The first-order chi connectivity index (χ1) is 14.5. The number of benzene rings is 1. The Kier molecular flexibility index (Phi) is 7.96. The maximum absolute atomic E-state index is 12.3. The highest BCUT2D eigenvalue weighted by molar-refractivity contribution is 7.99. The molecule has 2 aromatic rings. The quantitative estimate of drug-likeness (QED) is 0.618. The summed E-state index contributed by atoms with van der Waals surface area (Å²) in [6.07, 6.45) is 0.323. The molecule has 3 rings (SSSR count). The monoisotopic (exact) mass is 448 g/mol. The van der Waals surface area contributed by atoms with Crippen LogP contribution in [0.1, 0.15) is 25.8 Å². The lowest BCUT2D eigenvalue weighted by molar-refractivity contribution is -0.115. The first kappa shape index (κ1) is 22.4. The van der Waals surface area contributed by atoms with Crippen LogP contribution in [0.2, 0.25) is 5.02 Å². The Morgan fingerprint density at radius 3 is 2.80 bits per heavy atom. The lowest BCUT2D eigenvalue weighted by Gasteiger charge is -2.28. The smallest absolute Gasteiger partial charge is 0.228 e. The van der Waals surface area contributed by atoms with E-state index in [1.54, 1.807) is 18.2 Å². The Morgan fingerprint density at radius 1 is 1.37 bits per heavy atom. The third kappa shape index (κ3) is 5.88. The molecule has 0 aliphatic carbocycles. The van der Waals surface area contributed by atoms with Gasteiger partial charge >= 0.3 is 0 Å². The predicted octanol–water partition coefficient (Wildman–Crippen LogP) is 3.42. The number of rotatable bonds is 8. The van der Waals surface area contributed by atoms with E-state index in [-0.39, 0.29) is 5.91 Å². The fraction of sp³-hybridized carbons (Fsp3) is 0.500. The number of hydrogen-bond acceptors (Lipinski definition) is 7. The third-order valence-corrected chi connectivity index (χ3v) is 5.75. The number of morpholine rings is 1. The standard InChI is InChI=1S/C20H25ClN6O2S/c1-14(2)13-27-19(26-6-8-29-9-7-26)24-25-20(27)30-10-5-18(28)23-16-4-3-15(12-22)17(21)11-16/h3-4,11,14H,5-10,13H2,1-2H3,(H,23,28). The summed E-state index contributed by atoms with van der Waals surface area (Å²) >= 11 is 7.54. The molecule has 0 radical (unpaired) electrons. The van der Waals surface area contributed by atoms with E-state index in [2.05, 4.69) is 38.8 Å². The van der Waals surface area contributed by atoms with Gasteiger partial charge in [0.05, 0.1) is 23.8 Å². The number of aromatic nitrogens is 3. The van der Waals surface area contributed by atoms with Crippen molar-refractivity contribution in [2.45, 2.75) is 32.0 Å². The van der Waals surface area contributed by atoms with Gasteiger partial charge in [0.2, 0.25) is 11.9 Å². The number of ether oxygens (including phenoxy) is 1. The minimum Gasteiger partial charge on any atom is -0.378 e. The van der Waals surface area contributed by atoms with E-state index in [0.717, 1.165) is 30.7 Å². The maximum Gasteiger partial charge on any atom is 0.228 e. The Balaban J connectivity index is 1.58. The Bertz CT molecular complexity index is 921. The van der Waals surface area contributed by atoms with Gasteiger partial charge in [0.25, 0.3) is 0 Å². The van der Waals surface area contributed by atoms with Crippen molar-refractivity contribution in [1.82, 2.24) is 14.8 Å². The molecule has 0 saturated carbocycles. The summed E-state index contributed by atoms with van der Waals surface area (Å²) in [7, 11) is 0. The summed E-state index contributed by atoms with van der Waals surface area (Å²) in [5.74, 6) is 1.78. The van der Waals surface area contributed by atoms with Crippen molar-refractivity contribution >= 4 is 40.9 Å². The van der Waals surface area contributed by atoms with Gasteiger partial charge in [-0.15, -0.1) is 10.2 Å². The van der Waals surface area contributed by atoms with Crippen molar-refractivity contribution in [3.8, 4) is 6.07 Å². The van der Waals surface area contributed by atoms with Crippen LogP contribution in [0.25, 0.3) is 0 Å². The van der Waals surface area contributed by atoms with Gasteiger partial charge in [-0.25, -0.2) is 0 Å². The zero-order chi connectivity index (χ0) is 21.5. The highest BCUT2D eigenvalue weighted by Gasteiger charge is 2.21. The largest absolute Gasteiger partial charge is 0.378 e. The number of amides is 1. The number of nitriles is 1. The van der Waals surface area contributed by atoms with E-state index >= 15 is 0 Å². The molecular formula is C20H25ClN6O2S. The van der Waals surface area contributed by atoms with Crippen molar-refractivity contribution in [3.05, 3.63) is 28.8 Å². The van der Waals surface area contributed by atoms with Gasteiger partial charge in [-0.05, 0) is 24.1 Å². The van der Waals surface area contributed by atoms with Crippen molar-refractivity contribution in [2.24, 2.45) is 5.92 Å². The molecule has 1 aliphatic rings. The number of carbonyl (C=O) groups excluding carboxylic acids is 1. The first-order valence-corrected chi connectivity index (χ1v) is 11.2. The van der Waals surface area contributed by atoms with Gasteiger partial charge in [0.1, 0.15) is 6.07 Å². The summed E-state index contributed by atoms with van der Waals surface area (Å²) in [5.41, 5.74) is 0.956.